The third-order valence-corrected chi connectivity index (χ3v) is 3.52. The predicted octanol–water partition coefficient (Wildman–Crippen LogP) is 0.510. The SMILES string of the molecule is CN1CCOC(CNC(CO)Cc2ccccc2)C1. The summed E-state index contributed by atoms with van der Waals surface area (Å²) in [5.74, 6) is 0. The molecule has 0 aromatic heterocycles. The summed E-state index contributed by atoms with van der Waals surface area (Å²) in [5, 5.41) is 12.9. The van der Waals surface area contributed by atoms with Crippen LogP contribution in [0.2, 0.25) is 0 Å². The summed E-state index contributed by atoms with van der Waals surface area (Å²) >= 11 is 0. The molecule has 1 saturated heterocycles. The fourth-order valence-corrected chi connectivity index (χ4v) is 2.39. The van der Waals surface area contributed by atoms with Gasteiger partial charge < -0.3 is 20.1 Å². The summed E-state index contributed by atoms with van der Waals surface area (Å²) in [6.07, 6.45) is 1.07. The number of rotatable bonds is 6. The molecule has 4 nitrogen and oxygen atoms in total. The first-order chi connectivity index (χ1) is 9.28. The number of nitrogens with zero attached hydrogens (tertiary/aromatic N) is 1. The van der Waals surface area contributed by atoms with Crippen molar-refractivity contribution in [1.82, 2.24) is 10.2 Å². The Morgan fingerprint density at radius 3 is 2.89 bits per heavy atom. The highest BCUT2D eigenvalue weighted by atomic mass is 16.5. The molecule has 1 aromatic rings. The number of ether oxygens (including phenoxy) is 1. The second kappa shape index (κ2) is 7.60. The largest absolute Gasteiger partial charge is 0.395 e. The average Bonchev–Trinajstić information content (AvgIpc) is 2.44. The second-order valence-electron chi connectivity index (χ2n) is 5.23. The van der Waals surface area contributed by atoms with Gasteiger partial charge in [0, 0.05) is 25.7 Å². The maximum Gasteiger partial charge on any atom is 0.0826 e. The fraction of sp³-hybridized carbons (Fsp3) is 0.600. The summed E-state index contributed by atoms with van der Waals surface area (Å²) in [6, 6.07) is 10.4. The lowest BCUT2D eigenvalue weighted by molar-refractivity contribution is -0.0199. The minimum atomic E-state index is 0.0956. The van der Waals surface area contributed by atoms with Gasteiger partial charge in [0.25, 0.3) is 0 Å². The van der Waals surface area contributed by atoms with Crippen molar-refractivity contribution in [3.63, 3.8) is 0 Å². The van der Waals surface area contributed by atoms with Crippen LogP contribution in [0, 0.1) is 0 Å². The van der Waals surface area contributed by atoms with E-state index in [0.29, 0.717) is 0 Å². The van der Waals surface area contributed by atoms with Gasteiger partial charge in [0.15, 0.2) is 0 Å². The molecule has 2 unspecified atom stereocenters. The topological polar surface area (TPSA) is 44.7 Å². The molecule has 1 fully saturated rings. The van der Waals surface area contributed by atoms with Gasteiger partial charge in [-0.15, -0.1) is 0 Å². The Kier molecular flexibility index (Phi) is 5.79. The summed E-state index contributed by atoms with van der Waals surface area (Å²) in [5.41, 5.74) is 1.25. The molecule has 4 heteroatoms. The first-order valence-electron chi connectivity index (χ1n) is 6.96. The third-order valence-electron chi connectivity index (χ3n) is 3.52. The molecule has 1 aliphatic rings. The van der Waals surface area contributed by atoms with Crippen molar-refractivity contribution in [2.24, 2.45) is 0 Å². The Morgan fingerprint density at radius 1 is 1.42 bits per heavy atom. The first kappa shape index (κ1) is 14.5. The van der Waals surface area contributed by atoms with Crippen molar-refractivity contribution in [3.05, 3.63) is 35.9 Å². The van der Waals surface area contributed by atoms with Crippen LogP contribution >= 0.6 is 0 Å². The number of likely N-dealkylation sites (N-methyl/N-ethyl adjacent to an activating group) is 1. The van der Waals surface area contributed by atoms with Gasteiger partial charge in [0.2, 0.25) is 0 Å². The van der Waals surface area contributed by atoms with E-state index in [4.69, 9.17) is 4.74 Å². The van der Waals surface area contributed by atoms with Crippen LogP contribution in [0.1, 0.15) is 5.56 Å². The number of morpholine rings is 1. The van der Waals surface area contributed by atoms with E-state index >= 15 is 0 Å². The molecular formula is C15H24N2O2. The Bertz CT molecular complexity index is 358. The van der Waals surface area contributed by atoms with Crippen LogP contribution in [0.3, 0.4) is 0 Å². The van der Waals surface area contributed by atoms with E-state index in [9.17, 15) is 5.11 Å². The highest BCUT2D eigenvalue weighted by Gasteiger charge is 2.18. The lowest BCUT2D eigenvalue weighted by Gasteiger charge is -2.31. The molecule has 0 aliphatic carbocycles. The highest BCUT2D eigenvalue weighted by molar-refractivity contribution is 5.15. The number of aliphatic hydroxyl groups excluding tert-OH is 1. The number of nitrogens with one attached hydrogen (secondary N) is 1. The lowest BCUT2D eigenvalue weighted by Crippen LogP contribution is -2.47. The van der Waals surface area contributed by atoms with Gasteiger partial charge in [0.05, 0.1) is 19.3 Å². The first-order valence-corrected chi connectivity index (χ1v) is 6.96. The highest BCUT2D eigenvalue weighted by Crippen LogP contribution is 2.05. The lowest BCUT2D eigenvalue weighted by atomic mass is 10.1. The van der Waals surface area contributed by atoms with E-state index in [-0.39, 0.29) is 18.8 Å². The molecule has 0 spiro atoms. The van der Waals surface area contributed by atoms with Crippen LogP contribution in [0.25, 0.3) is 0 Å². The summed E-state index contributed by atoms with van der Waals surface area (Å²) in [4.78, 5) is 2.28. The van der Waals surface area contributed by atoms with Gasteiger partial charge in [-0.25, -0.2) is 0 Å². The van der Waals surface area contributed by atoms with Gasteiger partial charge in [-0.2, -0.15) is 0 Å². The van der Waals surface area contributed by atoms with Crippen LogP contribution in [0.5, 0.6) is 0 Å². The molecule has 0 bridgehead atoms. The van der Waals surface area contributed by atoms with Gasteiger partial charge in [-0.05, 0) is 19.0 Å². The second-order valence-corrected chi connectivity index (χ2v) is 5.23. The number of hydrogen-bond acceptors (Lipinski definition) is 4. The third kappa shape index (κ3) is 4.91. The Balaban J connectivity index is 1.76. The van der Waals surface area contributed by atoms with Crippen molar-refractivity contribution >= 4 is 0 Å². The van der Waals surface area contributed by atoms with Crippen LogP contribution < -0.4 is 5.32 Å². The van der Waals surface area contributed by atoms with Crippen LogP contribution in [-0.2, 0) is 11.2 Å². The number of aliphatic hydroxyl groups is 1. The van der Waals surface area contributed by atoms with E-state index in [2.05, 4.69) is 29.4 Å². The van der Waals surface area contributed by atoms with E-state index in [0.717, 1.165) is 32.7 Å². The smallest absolute Gasteiger partial charge is 0.0826 e. The van der Waals surface area contributed by atoms with Gasteiger partial charge >= 0.3 is 0 Å². The maximum atomic E-state index is 9.46. The monoisotopic (exact) mass is 264 g/mol. The molecule has 0 amide bonds. The number of hydrogen-bond donors (Lipinski definition) is 2. The average molecular weight is 264 g/mol. The van der Waals surface area contributed by atoms with Gasteiger partial charge in [-0.1, -0.05) is 30.3 Å². The normalized spacial score (nSPS) is 22.3. The Hall–Kier alpha value is -0.940. The van der Waals surface area contributed by atoms with E-state index in [1.807, 2.05) is 18.2 Å². The molecule has 106 valence electrons. The zero-order chi connectivity index (χ0) is 13.5. The van der Waals surface area contributed by atoms with Crippen LogP contribution in [0.15, 0.2) is 30.3 Å². The molecule has 1 aliphatic heterocycles. The Morgan fingerprint density at radius 2 is 2.21 bits per heavy atom. The van der Waals surface area contributed by atoms with E-state index in [1.165, 1.54) is 5.56 Å². The maximum absolute atomic E-state index is 9.46. The number of benzene rings is 1. The molecule has 1 aromatic carbocycles. The van der Waals surface area contributed by atoms with E-state index < -0.39 is 0 Å². The van der Waals surface area contributed by atoms with Gasteiger partial charge in [-0.3, -0.25) is 0 Å². The molecule has 0 radical (unpaired) electrons. The summed E-state index contributed by atoms with van der Waals surface area (Å²) in [6.45, 7) is 3.70. The summed E-state index contributed by atoms with van der Waals surface area (Å²) < 4.78 is 5.71. The summed E-state index contributed by atoms with van der Waals surface area (Å²) in [7, 11) is 2.11. The van der Waals surface area contributed by atoms with Crippen molar-refractivity contribution < 1.29 is 9.84 Å². The molecule has 2 atom stereocenters. The van der Waals surface area contributed by atoms with E-state index in [1.54, 1.807) is 0 Å². The molecule has 19 heavy (non-hydrogen) atoms. The molecular weight excluding hydrogens is 240 g/mol. The van der Waals surface area contributed by atoms with Gasteiger partial charge in [0.1, 0.15) is 0 Å². The fourth-order valence-electron chi connectivity index (χ4n) is 2.39. The van der Waals surface area contributed by atoms with Crippen molar-refractivity contribution in [1.29, 1.82) is 0 Å². The predicted molar refractivity (Wildman–Crippen MR) is 76.3 cm³/mol. The zero-order valence-corrected chi connectivity index (χ0v) is 11.6. The molecule has 2 rings (SSSR count). The standard InChI is InChI=1S/C15H24N2O2/c1-17-7-8-19-15(11-17)10-16-14(12-18)9-13-5-3-2-4-6-13/h2-6,14-16,18H,7-12H2,1H3. The molecule has 2 N–H and O–H groups in total. The quantitative estimate of drug-likeness (QED) is 0.786. The van der Waals surface area contributed by atoms with Crippen molar-refractivity contribution in [2.45, 2.75) is 18.6 Å². The van der Waals surface area contributed by atoms with Crippen molar-refractivity contribution in [2.75, 3.05) is 39.9 Å². The minimum Gasteiger partial charge on any atom is -0.395 e. The van der Waals surface area contributed by atoms with Crippen molar-refractivity contribution in [3.8, 4) is 0 Å². The van der Waals surface area contributed by atoms with Crippen LogP contribution in [-0.4, -0.2) is 62.0 Å². The minimum absolute atomic E-state index is 0.0956. The molecule has 1 heterocycles. The van der Waals surface area contributed by atoms with Crippen LogP contribution in [0.4, 0.5) is 0 Å². The zero-order valence-electron chi connectivity index (χ0n) is 11.6. The molecule has 0 saturated carbocycles. The Labute approximate surface area is 115 Å².